The minimum atomic E-state index is 0. The zero-order valence-corrected chi connectivity index (χ0v) is 7.88. The van der Waals surface area contributed by atoms with Crippen molar-refractivity contribution in [3.63, 3.8) is 0 Å². The molecule has 0 amide bonds. The summed E-state index contributed by atoms with van der Waals surface area (Å²) < 4.78 is 0. The van der Waals surface area contributed by atoms with Gasteiger partial charge in [-0.05, 0) is 24.1 Å². The summed E-state index contributed by atoms with van der Waals surface area (Å²) in [4.78, 5) is 0. The van der Waals surface area contributed by atoms with Gasteiger partial charge in [-0.15, -0.1) is 12.4 Å². The molecule has 1 rings (SSSR count). The Balaban J connectivity index is 0.000001000. The monoisotopic (exact) mass is 191 g/mol. The molecular formula is C8H11Cl2N. The van der Waals surface area contributed by atoms with Crippen molar-refractivity contribution in [1.82, 2.24) is 0 Å². The highest BCUT2D eigenvalue weighted by Gasteiger charge is 1.97. The molecule has 3 heteroatoms. The van der Waals surface area contributed by atoms with Crippen molar-refractivity contribution >= 4 is 24.0 Å². The predicted molar refractivity (Wildman–Crippen MR) is 51.3 cm³/mol. The second-order valence-corrected chi connectivity index (χ2v) is 2.64. The lowest BCUT2D eigenvalue weighted by molar-refractivity contribution is 1.05. The van der Waals surface area contributed by atoms with Crippen molar-refractivity contribution in [2.45, 2.75) is 13.5 Å². The highest BCUT2D eigenvalue weighted by atomic mass is 35.5. The fourth-order valence-electron chi connectivity index (χ4n) is 0.873. The maximum Gasteiger partial charge on any atom is 0.0438 e. The Morgan fingerprint density at radius 3 is 2.55 bits per heavy atom. The number of hydrogen-bond acceptors (Lipinski definition) is 1. The van der Waals surface area contributed by atoms with Gasteiger partial charge in [-0.25, -0.2) is 0 Å². The first kappa shape index (κ1) is 10.8. The van der Waals surface area contributed by atoms with Crippen LogP contribution in [0.1, 0.15) is 11.1 Å². The topological polar surface area (TPSA) is 26.0 Å². The average molecular weight is 192 g/mol. The van der Waals surface area contributed by atoms with Crippen molar-refractivity contribution < 1.29 is 0 Å². The average Bonchev–Trinajstić information content (AvgIpc) is 1.95. The van der Waals surface area contributed by atoms with Gasteiger partial charge in [0.05, 0.1) is 0 Å². The maximum absolute atomic E-state index is 5.84. The van der Waals surface area contributed by atoms with Gasteiger partial charge in [0.2, 0.25) is 0 Å². The molecular weight excluding hydrogens is 181 g/mol. The normalized spacial score (nSPS) is 9.00. The Morgan fingerprint density at radius 1 is 1.45 bits per heavy atom. The van der Waals surface area contributed by atoms with Crippen LogP contribution in [0, 0.1) is 6.92 Å². The first-order valence-corrected chi connectivity index (χ1v) is 3.57. The smallest absolute Gasteiger partial charge is 0.0438 e. The molecule has 0 aliphatic heterocycles. The number of nitrogens with two attached hydrogens (primary N) is 1. The summed E-state index contributed by atoms with van der Waals surface area (Å²) in [5, 5.41) is 0.794. The number of benzene rings is 1. The van der Waals surface area contributed by atoms with Crippen molar-refractivity contribution in [2.75, 3.05) is 0 Å². The molecule has 0 saturated heterocycles. The predicted octanol–water partition coefficient (Wildman–Crippen LogP) is 2.53. The zero-order valence-electron chi connectivity index (χ0n) is 6.30. The van der Waals surface area contributed by atoms with Crippen molar-refractivity contribution in [3.05, 3.63) is 34.3 Å². The number of rotatable bonds is 1. The molecule has 11 heavy (non-hydrogen) atoms. The Bertz CT molecular complexity index is 236. The van der Waals surface area contributed by atoms with Crippen molar-refractivity contribution in [1.29, 1.82) is 0 Å². The quantitative estimate of drug-likeness (QED) is 0.726. The van der Waals surface area contributed by atoms with E-state index in [0.717, 1.165) is 16.1 Å². The fourth-order valence-corrected chi connectivity index (χ4v) is 1.07. The molecule has 1 aromatic rings. The standard InChI is InChI=1S/C8H10ClN.ClH/c1-6-7(5-10)3-2-4-8(6)9;/h2-4H,5,10H2,1H3;1H. The van der Waals surface area contributed by atoms with Crippen LogP contribution in [0.2, 0.25) is 5.02 Å². The Labute approximate surface area is 78.0 Å². The number of halogens is 2. The summed E-state index contributed by atoms with van der Waals surface area (Å²) in [6.07, 6.45) is 0. The molecule has 0 aliphatic rings. The summed E-state index contributed by atoms with van der Waals surface area (Å²) in [5.74, 6) is 0. The second-order valence-electron chi connectivity index (χ2n) is 2.23. The second kappa shape index (κ2) is 4.60. The highest BCUT2D eigenvalue weighted by molar-refractivity contribution is 6.31. The first-order chi connectivity index (χ1) is 4.75. The van der Waals surface area contributed by atoms with Gasteiger partial charge in [0.25, 0.3) is 0 Å². The van der Waals surface area contributed by atoms with Gasteiger partial charge in [-0.2, -0.15) is 0 Å². The minimum Gasteiger partial charge on any atom is -0.326 e. The first-order valence-electron chi connectivity index (χ1n) is 3.19. The van der Waals surface area contributed by atoms with Gasteiger partial charge < -0.3 is 5.73 Å². The molecule has 2 N–H and O–H groups in total. The van der Waals surface area contributed by atoms with E-state index in [1.807, 2.05) is 25.1 Å². The lowest BCUT2D eigenvalue weighted by Gasteiger charge is -2.02. The van der Waals surface area contributed by atoms with E-state index in [4.69, 9.17) is 17.3 Å². The van der Waals surface area contributed by atoms with Crippen LogP contribution in [0.15, 0.2) is 18.2 Å². The Kier molecular flexibility index (Phi) is 4.50. The van der Waals surface area contributed by atoms with Crippen LogP contribution in [0.5, 0.6) is 0 Å². The van der Waals surface area contributed by atoms with Gasteiger partial charge in [0.1, 0.15) is 0 Å². The maximum atomic E-state index is 5.84. The molecule has 0 heterocycles. The number of hydrogen-bond donors (Lipinski definition) is 1. The lowest BCUT2D eigenvalue weighted by Crippen LogP contribution is -1.98. The van der Waals surface area contributed by atoms with E-state index in [9.17, 15) is 0 Å². The van der Waals surface area contributed by atoms with Crippen LogP contribution in [0.4, 0.5) is 0 Å². The van der Waals surface area contributed by atoms with Gasteiger partial charge in [0.15, 0.2) is 0 Å². The van der Waals surface area contributed by atoms with Gasteiger partial charge in [-0.1, -0.05) is 23.7 Å². The summed E-state index contributed by atoms with van der Waals surface area (Å²) in [5.41, 5.74) is 7.67. The third-order valence-corrected chi connectivity index (χ3v) is 2.01. The Morgan fingerprint density at radius 2 is 2.09 bits per heavy atom. The van der Waals surface area contributed by atoms with E-state index >= 15 is 0 Å². The molecule has 0 fully saturated rings. The molecule has 0 atom stereocenters. The molecule has 0 aromatic heterocycles. The van der Waals surface area contributed by atoms with Gasteiger partial charge in [0, 0.05) is 11.6 Å². The molecule has 0 unspecified atom stereocenters. The third kappa shape index (κ3) is 2.37. The van der Waals surface area contributed by atoms with Crippen LogP contribution in [-0.2, 0) is 6.54 Å². The molecule has 0 aliphatic carbocycles. The van der Waals surface area contributed by atoms with Gasteiger partial charge >= 0.3 is 0 Å². The van der Waals surface area contributed by atoms with E-state index in [1.165, 1.54) is 0 Å². The molecule has 0 bridgehead atoms. The summed E-state index contributed by atoms with van der Waals surface area (Å²) in [6, 6.07) is 5.77. The zero-order chi connectivity index (χ0) is 7.56. The fraction of sp³-hybridized carbons (Fsp3) is 0.250. The summed E-state index contributed by atoms with van der Waals surface area (Å²) >= 11 is 5.84. The lowest BCUT2D eigenvalue weighted by atomic mass is 10.1. The third-order valence-electron chi connectivity index (χ3n) is 1.60. The largest absolute Gasteiger partial charge is 0.326 e. The summed E-state index contributed by atoms with van der Waals surface area (Å²) in [7, 11) is 0. The minimum absolute atomic E-state index is 0. The molecule has 0 saturated carbocycles. The van der Waals surface area contributed by atoms with Gasteiger partial charge in [-0.3, -0.25) is 0 Å². The molecule has 1 nitrogen and oxygen atoms in total. The van der Waals surface area contributed by atoms with Crippen LogP contribution in [0.3, 0.4) is 0 Å². The van der Waals surface area contributed by atoms with Crippen LogP contribution in [0.25, 0.3) is 0 Å². The van der Waals surface area contributed by atoms with Crippen molar-refractivity contribution in [3.8, 4) is 0 Å². The van der Waals surface area contributed by atoms with E-state index in [-0.39, 0.29) is 12.4 Å². The van der Waals surface area contributed by atoms with E-state index in [0.29, 0.717) is 6.54 Å². The SMILES string of the molecule is Cc1c(Cl)cccc1CN.Cl. The highest BCUT2D eigenvalue weighted by Crippen LogP contribution is 2.17. The molecule has 0 spiro atoms. The summed E-state index contributed by atoms with van der Waals surface area (Å²) in [6.45, 7) is 2.54. The molecule has 1 aromatic carbocycles. The van der Waals surface area contributed by atoms with Crippen LogP contribution < -0.4 is 5.73 Å². The van der Waals surface area contributed by atoms with Crippen molar-refractivity contribution in [2.24, 2.45) is 5.73 Å². The van der Waals surface area contributed by atoms with E-state index in [2.05, 4.69) is 0 Å². The molecule has 0 radical (unpaired) electrons. The van der Waals surface area contributed by atoms with Crippen LogP contribution >= 0.6 is 24.0 Å². The Hall–Kier alpha value is -0.240. The van der Waals surface area contributed by atoms with Crippen LogP contribution in [-0.4, -0.2) is 0 Å². The molecule has 62 valence electrons. The van der Waals surface area contributed by atoms with E-state index < -0.39 is 0 Å². The van der Waals surface area contributed by atoms with E-state index in [1.54, 1.807) is 0 Å².